The zero-order chi connectivity index (χ0) is 10.8. The molecule has 3 nitrogen and oxygen atoms in total. The van der Waals surface area contributed by atoms with Crippen LogP contribution in [0.25, 0.3) is 10.6 Å². The third-order valence-electron chi connectivity index (χ3n) is 2.03. The van der Waals surface area contributed by atoms with E-state index in [1.54, 1.807) is 13.1 Å². The normalized spacial score (nSPS) is 10.2. The molecule has 0 amide bonds. The van der Waals surface area contributed by atoms with Crippen molar-refractivity contribution in [1.82, 2.24) is 4.98 Å². The molecule has 0 saturated carbocycles. The molecule has 15 heavy (non-hydrogen) atoms. The predicted molar refractivity (Wildman–Crippen MR) is 59.2 cm³/mol. The number of aromatic carboxylic acids is 1. The highest BCUT2D eigenvalue weighted by molar-refractivity contribution is 7.17. The standard InChI is InChI=1S/C11H9NO2S/c1-7-6-9(15-10(7)11(13)14)8-4-2-3-5-12-8/h2-6H,1H3,(H,13,14). The molecule has 0 aliphatic carbocycles. The van der Waals surface area contributed by atoms with Crippen molar-refractivity contribution in [3.63, 3.8) is 0 Å². The van der Waals surface area contributed by atoms with Crippen LogP contribution in [0.15, 0.2) is 30.5 Å². The first-order valence-corrected chi connectivity index (χ1v) is 5.25. The average molecular weight is 219 g/mol. The van der Waals surface area contributed by atoms with Crippen LogP contribution in [0.1, 0.15) is 15.2 Å². The molecule has 0 radical (unpaired) electrons. The van der Waals surface area contributed by atoms with Crippen molar-refractivity contribution in [2.75, 3.05) is 0 Å². The van der Waals surface area contributed by atoms with Gasteiger partial charge in [-0.05, 0) is 30.7 Å². The molecule has 0 spiro atoms. The molecule has 0 bridgehead atoms. The average Bonchev–Trinajstić information content (AvgIpc) is 2.62. The van der Waals surface area contributed by atoms with Crippen molar-refractivity contribution in [3.05, 3.63) is 40.9 Å². The number of carbonyl (C=O) groups is 1. The Morgan fingerprint density at radius 3 is 2.80 bits per heavy atom. The Hall–Kier alpha value is -1.68. The lowest BCUT2D eigenvalue weighted by molar-refractivity contribution is 0.0701. The molecule has 4 heteroatoms. The van der Waals surface area contributed by atoms with E-state index in [4.69, 9.17) is 5.11 Å². The lowest BCUT2D eigenvalue weighted by Gasteiger charge is -1.92. The molecule has 1 N–H and O–H groups in total. The second kappa shape index (κ2) is 3.82. The highest BCUT2D eigenvalue weighted by atomic mass is 32.1. The van der Waals surface area contributed by atoms with Gasteiger partial charge in [0, 0.05) is 6.20 Å². The van der Waals surface area contributed by atoms with Gasteiger partial charge in [0.05, 0.1) is 10.6 Å². The van der Waals surface area contributed by atoms with Crippen molar-refractivity contribution in [1.29, 1.82) is 0 Å². The SMILES string of the molecule is Cc1cc(-c2ccccn2)sc1C(=O)O. The number of carboxylic acid groups (broad SMARTS) is 1. The second-order valence-corrected chi connectivity index (χ2v) is 4.20. The fourth-order valence-corrected chi connectivity index (χ4v) is 2.32. The minimum Gasteiger partial charge on any atom is -0.477 e. The number of aryl methyl sites for hydroxylation is 1. The maximum absolute atomic E-state index is 10.9. The Kier molecular flexibility index (Phi) is 2.51. The smallest absolute Gasteiger partial charge is 0.346 e. The van der Waals surface area contributed by atoms with Crippen LogP contribution < -0.4 is 0 Å². The molecule has 2 aromatic rings. The van der Waals surface area contributed by atoms with Crippen molar-refractivity contribution in [2.24, 2.45) is 0 Å². The van der Waals surface area contributed by atoms with Crippen LogP contribution in [0.4, 0.5) is 0 Å². The zero-order valence-electron chi connectivity index (χ0n) is 8.10. The van der Waals surface area contributed by atoms with Gasteiger partial charge in [0.2, 0.25) is 0 Å². The highest BCUT2D eigenvalue weighted by Gasteiger charge is 2.13. The Balaban J connectivity index is 2.48. The summed E-state index contributed by atoms with van der Waals surface area (Å²) in [6, 6.07) is 7.45. The van der Waals surface area contributed by atoms with Crippen LogP contribution in [-0.2, 0) is 0 Å². The number of hydrogen-bond donors (Lipinski definition) is 1. The largest absolute Gasteiger partial charge is 0.477 e. The Morgan fingerprint density at radius 2 is 2.27 bits per heavy atom. The minimum absolute atomic E-state index is 0.385. The lowest BCUT2D eigenvalue weighted by atomic mass is 10.2. The third kappa shape index (κ3) is 1.89. The summed E-state index contributed by atoms with van der Waals surface area (Å²) in [4.78, 5) is 16.3. The van der Waals surface area contributed by atoms with E-state index in [-0.39, 0.29) is 0 Å². The van der Waals surface area contributed by atoms with E-state index in [0.29, 0.717) is 4.88 Å². The van der Waals surface area contributed by atoms with Crippen LogP contribution in [-0.4, -0.2) is 16.1 Å². The minimum atomic E-state index is -0.875. The summed E-state index contributed by atoms with van der Waals surface area (Å²) >= 11 is 1.26. The Labute approximate surface area is 91.0 Å². The first-order chi connectivity index (χ1) is 7.18. The number of pyridine rings is 1. The summed E-state index contributed by atoms with van der Waals surface area (Å²) in [5.41, 5.74) is 1.60. The Bertz CT molecular complexity index is 491. The first-order valence-electron chi connectivity index (χ1n) is 4.43. The van der Waals surface area contributed by atoms with Crippen LogP contribution in [0, 0.1) is 6.92 Å². The van der Waals surface area contributed by atoms with Gasteiger partial charge in [0.25, 0.3) is 0 Å². The maximum atomic E-state index is 10.9. The topological polar surface area (TPSA) is 50.2 Å². The molecule has 76 valence electrons. The van der Waals surface area contributed by atoms with Crippen molar-refractivity contribution in [2.45, 2.75) is 6.92 Å². The molecule has 0 aliphatic rings. The van der Waals surface area contributed by atoms with Gasteiger partial charge < -0.3 is 5.11 Å². The lowest BCUT2D eigenvalue weighted by Crippen LogP contribution is -1.93. The quantitative estimate of drug-likeness (QED) is 0.844. The monoisotopic (exact) mass is 219 g/mol. The van der Waals surface area contributed by atoms with Gasteiger partial charge in [0.1, 0.15) is 4.88 Å². The van der Waals surface area contributed by atoms with E-state index < -0.39 is 5.97 Å². The van der Waals surface area contributed by atoms with Gasteiger partial charge in [-0.15, -0.1) is 11.3 Å². The summed E-state index contributed by atoms with van der Waals surface area (Å²) in [6.07, 6.45) is 1.70. The second-order valence-electron chi connectivity index (χ2n) is 3.14. The van der Waals surface area contributed by atoms with E-state index >= 15 is 0 Å². The number of aromatic nitrogens is 1. The zero-order valence-corrected chi connectivity index (χ0v) is 8.91. The first kappa shape index (κ1) is 9.86. The summed E-state index contributed by atoms with van der Waals surface area (Å²) in [7, 11) is 0. The molecule has 0 saturated heterocycles. The summed E-state index contributed by atoms with van der Waals surface area (Å²) in [5, 5.41) is 8.92. The molecule has 0 aromatic carbocycles. The van der Waals surface area contributed by atoms with Gasteiger partial charge in [-0.3, -0.25) is 4.98 Å². The van der Waals surface area contributed by atoms with Crippen molar-refractivity contribution >= 4 is 17.3 Å². The number of rotatable bonds is 2. The van der Waals surface area contributed by atoms with Crippen molar-refractivity contribution < 1.29 is 9.90 Å². The highest BCUT2D eigenvalue weighted by Crippen LogP contribution is 2.29. The van der Waals surface area contributed by atoms with E-state index in [1.165, 1.54) is 11.3 Å². The van der Waals surface area contributed by atoms with Crippen LogP contribution in [0.2, 0.25) is 0 Å². The number of thiophene rings is 1. The molecule has 0 fully saturated rings. The number of nitrogens with zero attached hydrogens (tertiary/aromatic N) is 1. The van der Waals surface area contributed by atoms with Crippen LogP contribution in [0.5, 0.6) is 0 Å². The van der Waals surface area contributed by atoms with E-state index in [1.807, 2.05) is 24.3 Å². The van der Waals surface area contributed by atoms with E-state index in [0.717, 1.165) is 16.1 Å². The molecular weight excluding hydrogens is 210 g/mol. The van der Waals surface area contributed by atoms with Crippen LogP contribution in [0.3, 0.4) is 0 Å². The third-order valence-corrected chi connectivity index (χ3v) is 3.28. The van der Waals surface area contributed by atoms with E-state index in [2.05, 4.69) is 4.98 Å². The molecule has 0 atom stereocenters. The van der Waals surface area contributed by atoms with Gasteiger partial charge >= 0.3 is 5.97 Å². The van der Waals surface area contributed by atoms with Gasteiger partial charge in [-0.25, -0.2) is 4.79 Å². The fourth-order valence-electron chi connectivity index (χ4n) is 1.33. The maximum Gasteiger partial charge on any atom is 0.346 e. The Morgan fingerprint density at radius 1 is 1.47 bits per heavy atom. The molecule has 2 aromatic heterocycles. The molecule has 0 aliphatic heterocycles. The summed E-state index contributed by atoms with van der Waals surface area (Å²) < 4.78 is 0. The summed E-state index contributed by atoms with van der Waals surface area (Å²) in [6.45, 7) is 1.80. The molecule has 0 unspecified atom stereocenters. The number of carboxylic acids is 1. The molecular formula is C11H9NO2S. The predicted octanol–water partition coefficient (Wildman–Crippen LogP) is 2.82. The summed E-state index contributed by atoms with van der Waals surface area (Å²) in [5.74, 6) is -0.875. The van der Waals surface area contributed by atoms with E-state index in [9.17, 15) is 4.79 Å². The fraction of sp³-hybridized carbons (Fsp3) is 0.0909. The molecule has 2 rings (SSSR count). The van der Waals surface area contributed by atoms with Gasteiger partial charge in [-0.1, -0.05) is 6.07 Å². The number of hydrogen-bond acceptors (Lipinski definition) is 3. The van der Waals surface area contributed by atoms with Crippen molar-refractivity contribution in [3.8, 4) is 10.6 Å². The van der Waals surface area contributed by atoms with Crippen LogP contribution >= 0.6 is 11.3 Å². The van der Waals surface area contributed by atoms with Gasteiger partial charge in [-0.2, -0.15) is 0 Å². The molecule has 2 heterocycles. The van der Waals surface area contributed by atoms with Gasteiger partial charge in [0.15, 0.2) is 0 Å².